The molecule has 0 atom stereocenters. The van der Waals surface area contributed by atoms with E-state index in [2.05, 4.69) is 0 Å². The molecule has 1 aromatic carbocycles. The summed E-state index contributed by atoms with van der Waals surface area (Å²) in [7, 11) is 1.71. The summed E-state index contributed by atoms with van der Waals surface area (Å²) < 4.78 is 18.1. The molecule has 0 aromatic heterocycles. The second-order valence-corrected chi connectivity index (χ2v) is 3.51. The number of hydrogen-bond donors (Lipinski definition) is 0. The third-order valence-electron chi connectivity index (χ3n) is 2.32. The molecular formula is C11H15FN2O3. The van der Waals surface area contributed by atoms with Gasteiger partial charge in [-0.05, 0) is 19.1 Å². The van der Waals surface area contributed by atoms with Crippen molar-refractivity contribution < 1.29 is 14.1 Å². The second kappa shape index (κ2) is 6.15. The summed E-state index contributed by atoms with van der Waals surface area (Å²) in [5.74, 6) is -0.612. The molecule has 0 fully saturated rings. The van der Waals surface area contributed by atoms with Crippen LogP contribution in [0.25, 0.3) is 0 Å². The molecule has 0 amide bonds. The van der Waals surface area contributed by atoms with E-state index in [1.807, 2.05) is 6.92 Å². The maximum Gasteiger partial charge on any atom is 0.295 e. The van der Waals surface area contributed by atoms with E-state index < -0.39 is 10.7 Å². The predicted molar refractivity (Wildman–Crippen MR) is 62.8 cm³/mol. The molecule has 0 saturated carbocycles. The molecule has 0 bridgehead atoms. The number of nitro groups is 1. The lowest BCUT2D eigenvalue weighted by molar-refractivity contribution is -0.384. The number of nitrogens with zero attached hydrogens (tertiary/aromatic N) is 2. The van der Waals surface area contributed by atoms with Gasteiger partial charge in [0.05, 0.1) is 17.6 Å². The third-order valence-corrected chi connectivity index (χ3v) is 2.32. The molecule has 6 heteroatoms. The minimum atomic E-state index is -0.612. The molecule has 0 radical (unpaired) electrons. The largest absolute Gasteiger partial charge is 0.380 e. The number of anilines is 1. The van der Waals surface area contributed by atoms with Crippen molar-refractivity contribution in [2.75, 3.05) is 31.7 Å². The van der Waals surface area contributed by atoms with Crippen molar-refractivity contribution in [2.45, 2.75) is 6.92 Å². The number of ether oxygens (including phenoxy) is 1. The van der Waals surface area contributed by atoms with Crippen molar-refractivity contribution in [3.05, 3.63) is 34.1 Å². The fraction of sp³-hybridized carbons (Fsp3) is 0.455. The van der Waals surface area contributed by atoms with E-state index in [0.29, 0.717) is 25.4 Å². The van der Waals surface area contributed by atoms with E-state index in [1.165, 1.54) is 12.1 Å². The standard InChI is InChI=1S/C11H15FN2O3/c1-3-17-7-6-13(2)10-5-4-9(12)8-11(10)14(15)16/h4-5,8H,3,6-7H2,1-2H3. The maximum absolute atomic E-state index is 12.9. The van der Waals surface area contributed by atoms with Crippen LogP contribution >= 0.6 is 0 Å². The highest BCUT2D eigenvalue weighted by Crippen LogP contribution is 2.27. The van der Waals surface area contributed by atoms with Gasteiger partial charge in [0.25, 0.3) is 5.69 Å². The molecule has 0 N–H and O–H groups in total. The first-order chi connectivity index (χ1) is 8.06. The molecule has 0 heterocycles. The zero-order valence-corrected chi connectivity index (χ0v) is 9.85. The van der Waals surface area contributed by atoms with E-state index in [9.17, 15) is 14.5 Å². The van der Waals surface area contributed by atoms with Gasteiger partial charge in [-0.2, -0.15) is 0 Å². The van der Waals surface area contributed by atoms with Crippen LogP contribution < -0.4 is 4.90 Å². The summed E-state index contributed by atoms with van der Waals surface area (Å²) in [4.78, 5) is 11.9. The number of nitro benzene ring substituents is 1. The smallest absolute Gasteiger partial charge is 0.295 e. The van der Waals surface area contributed by atoms with E-state index in [-0.39, 0.29) is 5.69 Å². The van der Waals surface area contributed by atoms with Crippen LogP contribution in [-0.2, 0) is 4.74 Å². The molecule has 1 aromatic rings. The second-order valence-electron chi connectivity index (χ2n) is 3.51. The molecule has 0 saturated heterocycles. The summed E-state index contributed by atoms with van der Waals surface area (Å²) >= 11 is 0. The summed E-state index contributed by atoms with van der Waals surface area (Å²) in [5, 5.41) is 10.8. The van der Waals surface area contributed by atoms with Gasteiger partial charge in [0.1, 0.15) is 11.5 Å². The van der Waals surface area contributed by atoms with E-state index in [1.54, 1.807) is 11.9 Å². The summed E-state index contributed by atoms with van der Waals surface area (Å²) in [6.07, 6.45) is 0. The Morgan fingerprint density at radius 2 is 2.24 bits per heavy atom. The van der Waals surface area contributed by atoms with Gasteiger partial charge < -0.3 is 9.64 Å². The average molecular weight is 242 g/mol. The minimum absolute atomic E-state index is 0.232. The molecule has 0 aliphatic carbocycles. The number of benzene rings is 1. The van der Waals surface area contributed by atoms with E-state index in [0.717, 1.165) is 6.07 Å². The normalized spacial score (nSPS) is 10.3. The van der Waals surface area contributed by atoms with Gasteiger partial charge in [-0.25, -0.2) is 4.39 Å². The first-order valence-corrected chi connectivity index (χ1v) is 5.29. The Kier molecular flexibility index (Phi) is 4.84. The molecule has 94 valence electrons. The quantitative estimate of drug-likeness (QED) is 0.436. The Bertz CT molecular complexity index is 398. The van der Waals surface area contributed by atoms with Crippen LogP contribution in [0.3, 0.4) is 0 Å². The van der Waals surface area contributed by atoms with Crippen LogP contribution in [0.15, 0.2) is 18.2 Å². The van der Waals surface area contributed by atoms with Crippen LogP contribution in [0.1, 0.15) is 6.92 Å². The topological polar surface area (TPSA) is 55.6 Å². The molecule has 0 spiro atoms. The monoisotopic (exact) mass is 242 g/mol. The molecule has 0 unspecified atom stereocenters. The predicted octanol–water partition coefficient (Wildman–Crippen LogP) is 2.21. The van der Waals surface area contributed by atoms with Gasteiger partial charge in [0.2, 0.25) is 0 Å². The van der Waals surface area contributed by atoms with Gasteiger partial charge in [0, 0.05) is 20.2 Å². The van der Waals surface area contributed by atoms with Gasteiger partial charge in [0.15, 0.2) is 0 Å². The average Bonchev–Trinajstić information content (AvgIpc) is 2.29. The molecule has 17 heavy (non-hydrogen) atoms. The lowest BCUT2D eigenvalue weighted by atomic mass is 10.2. The highest BCUT2D eigenvalue weighted by atomic mass is 19.1. The Balaban J connectivity index is 2.84. The van der Waals surface area contributed by atoms with Gasteiger partial charge in [-0.1, -0.05) is 0 Å². The fourth-order valence-electron chi connectivity index (χ4n) is 1.43. The van der Waals surface area contributed by atoms with Crippen LogP contribution in [0, 0.1) is 15.9 Å². The fourth-order valence-corrected chi connectivity index (χ4v) is 1.43. The van der Waals surface area contributed by atoms with E-state index >= 15 is 0 Å². The van der Waals surface area contributed by atoms with Crippen molar-refractivity contribution in [3.8, 4) is 0 Å². The Hall–Kier alpha value is -1.69. The summed E-state index contributed by atoms with van der Waals surface area (Å²) in [5.41, 5.74) is 0.153. The van der Waals surface area contributed by atoms with Gasteiger partial charge >= 0.3 is 0 Å². The third kappa shape index (κ3) is 3.67. The Morgan fingerprint density at radius 3 is 2.82 bits per heavy atom. The number of hydrogen-bond acceptors (Lipinski definition) is 4. The highest BCUT2D eigenvalue weighted by molar-refractivity contribution is 5.62. The number of likely N-dealkylation sites (N-methyl/N-ethyl adjacent to an activating group) is 1. The zero-order chi connectivity index (χ0) is 12.8. The SMILES string of the molecule is CCOCCN(C)c1ccc(F)cc1[N+](=O)[O-]. The molecule has 0 aliphatic heterocycles. The summed E-state index contributed by atoms with van der Waals surface area (Å²) in [6, 6.07) is 3.53. The van der Waals surface area contributed by atoms with Crippen molar-refractivity contribution in [1.29, 1.82) is 0 Å². The van der Waals surface area contributed by atoms with Crippen LogP contribution in [0.4, 0.5) is 15.8 Å². The zero-order valence-electron chi connectivity index (χ0n) is 9.85. The maximum atomic E-state index is 12.9. The molecule has 1 rings (SSSR count). The van der Waals surface area contributed by atoms with Crippen molar-refractivity contribution in [2.24, 2.45) is 0 Å². The lowest BCUT2D eigenvalue weighted by Gasteiger charge is -2.18. The highest BCUT2D eigenvalue weighted by Gasteiger charge is 2.17. The van der Waals surface area contributed by atoms with Gasteiger partial charge in [-0.15, -0.1) is 0 Å². The molecule has 0 aliphatic rings. The molecular weight excluding hydrogens is 227 g/mol. The van der Waals surface area contributed by atoms with Crippen molar-refractivity contribution in [1.82, 2.24) is 0 Å². The number of rotatable bonds is 6. The van der Waals surface area contributed by atoms with Crippen molar-refractivity contribution >= 4 is 11.4 Å². The van der Waals surface area contributed by atoms with Crippen molar-refractivity contribution in [3.63, 3.8) is 0 Å². The first-order valence-electron chi connectivity index (χ1n) is 5.29. The Morgan fingerprint density at radius 1 is 1.53 bits per heavy atom. The Labute approximate surface area is 98.9 Å². The lowest BCUT2D eigenvalue weighted by Crippen LogP contribution is -2.23. The first kappa shape index (κ1) is 13.4. The van der Waals surface area contributed by atoms with Crippen LogP contribution in [0.5, 0.6) is 0 Å². The van der Waals surface area contributed by atoms with Crippen LogP contribution in [-0.4, -0.2) is 31.7 Å². The summed E-state index contributed by atoms with van der Waals surface area (Å²) in [6.45, 7) is 3.46. The van der Waals surface area contributed by atoms with E-state index in [4.69, 9.17) is 4.74 Å². The van der Waals surface area contributed by atoms with Gasteiger partial charge in [-0.3, -0.25) is 10.1 Å². The number of halogens is 1. The van der Waals surface area contributed by atoms with Crippen LogP contribution in [0.2, 0.25) is 0 Å². The molecule has 5 nitrogen and oxygen atoms in total. The minimum Gasteiger partial charge on any atom is -0.380 e.